The lowest BCUT2D eigenvalue weighted by Gasteiger charge is -2.12. The summed E-state index contributed by atoms with van der Waals surface area (Å²) in [7, 11) is 1.63. The van der Waals surface area contributed by atoms with Gasteiger partial charge in [0, 0.05) is 6.07 Å². The second kappa shape index (κ2) is 5.36. The zero-order valence-electron chi connectivity index (χ0n) is 9.94. The Morgan fingerprint density at radius 2 is 2.24 bits per heavy atom. The zero-order valence-corrected chi connectivity index (χ0v) is 10.8. The molecule has 0 unspecified atom stereocenters. The van der Waals surface area contributed by atoms with Crippen LogP contribution in [0.1, 0.15) is 24.8 Å². The first-order valence-electron chi connectivity index (χ1n) is 5.81. The van der Waals surface area contributed by atoms with Crippen LogP contribution in [-0.2, 0) is 0 Å². The fourth-order valence-corrected chi connectivity index (χ4v) is 1.86. The molecule has 0 saturated heterocycles. The quantitative estimate of drug-likeness (QED) is 0.789. The Balaban J connectivity index is 2.06. The smallest absolute Gasteiger partial charge is 0.133 e. The average molecular weight is 251 g/mol. The third-order valence-corrected chi connectivity index (χ3v) is 3.15. The van der Waals surface area contributed by atoms with Crippen molar-refractivity contribution in [2.24, 2.45) is 11.7 Å². The average Bonchev–Trinajstić information content (AvgIpc) is 3.12. The zero-order chi connectivity index (χ0) is 12.3. The molecule has 0 spiro atoms. The largest absolute Gasteiger partial charge is 0.497 e. The highest BCUT2D eigenvalue weighted by atomic mass is 32.1. The number of nitrogens with two attached hydrogens (primary N) is 1. The van der Waals surface area contributed by atoms with Crippen LogP contribution in [0.15, 0.2) is 18.2 Å². The molecule has 92 valence electrons. The van der Waals surface area contributed by atoms with Gasteiger partial charge in [0.2, 0.25) is 0 Å². The highest BCUT2D eigenvalue weighted by molar-refractivity contribution is 7.80. The van der Waals surface area contributed by atoms with Crippen molar-refractivity contribution in [2.75, 3.05) is 13.7 Å². The summed E-state index contributed by atoms with van der Waals surface area (Å²) in [5.74, 6) is 2.33. The molecule has 0 heterocycles. The topological polar surface area (TPSA) is 44.5 Å². The van der Waals surface area contributed by atoms with Crippen molar-refractivity contribution in [3.8, 4) is 11.5 Å². The molecule has 1 aromatic rings. The molecule has 4 heteroatoms. The Hall–Kier alpha value is -1.29. The van der Waals surface area contributed by atoms with Gasteiger partial charge < -0.3 is 15.2 Å². The maximum absolute atomic E-state index is 5.74. The number of ether oxygens (including phenoxy) is 2. The molecule has 1 aliphatic rings. The summed E-state index contributed by atoms with van der Waals surface area (Å²) in [6.07, 6.45) is 3.78. The van der Waals surface area contributed by atoms with Crippen molar-refractivity contribution in [2.45, 2.75) is 19.3 Å². The summed E-state index contributed by atoms with van der Waals surface area (Å²) < 4.78 is 10.9. The van der Waals surface area contributed by atoms with Crippen molar-refractivity contribution in [1.29, 1.82) is 0 Å². The molecular weight excluding hydrogens is 234 g/mol. The van der Waals surface area contributed by atoms with Gasteiger partial charge in [-0.25, -0.2) is 0 Å². The summed E-state index contributed by atoms with van der Waals surface area (Å²) in [6.45, 7) is 0.716. The molecule has 1 aromatic carbocycles. The second-order valence-corrected chi connectivity index (χ2v) is 4.75. The molecule has 2 N–H and O–H groups in total. The van der Waals surface area contributed by atoms with Crippen LogP contribution in [0.2, 0.25) is 0 Å². The number of hydrogen-bond acceptors (Lipinski definition) is 3. The Morgan fingerprint density at radius 1 is 1.47 bits per heavy atom. The summed E-state index contributed by atoms with van der Waals surface area (Å²) in [5, 5.41) is 0. The lowest BCUT2D eigenvalue weighted by atomic mass is 10.2. The van der Waals surface area contributed by atoms with Crippen molar-refractivity contribution in [1.82, 2.24) is 0 Å². The Morgan fingerprint density at radius 3 is 2.82 bits per heavy atom. The molecule has 0 radical (unpaired) electrons. The number of thiocarbonyl (C=S) groups is 1. The first-order valence-corrected chi connectivity index (χ1v) is 6.22. The summed E-state index contributed by atoms with van der Waals surface area (Å²) >= 11 is 5.00. The van der Waals surface area contributed by atoms with E-state index < -0.39 is 0 Å². The van der Waals surface area contributed by atoms with E-state index in [9.17, 15) is 0 Å². The SMILES string of the molecule is COc1ccc(C(N)=S)c(OCCC2CC2)c1. The van der Waals surface area contributed by atoms with Crippen LogP contribution in [0, 0.1) is 5.92 Å². The van der Waals surface area contributed by atoms with E-state index in [4.69, 9.17) is 27.4 Å². The van der Waals surface area contributed by atoms with Gasteiger partial charge in [-0.1, -0.05) is 25.1 Å². The number of methoxy groups -OCH3 is 1. The normalized spacial score (nSPS) is 14.4. The standard InChI is InChI=1S/C13H17NO2S/c1-15-10-4-5-11(13(14)17)12(8-10)16-7-6-9-2-3-9/h4-5,8-9H,2-3,6-7H2,1H3,(H2,14,17). The van der Waals surface area contributed by atoms with Gasteiger partial charge in [0.15, 0.2) is 0 Å². The van der Waals surface area contributed by atoms with Crippen LogP contribution in [0.3, 0.4) is 0 Å². The van der Waals surface area contributed by atoms with Crippen molar-refractivity contribution < 1.29 is 9.47 Å². The molecule has 3 nitrogen and oxygen atoms in total. The van der Waals surface area contributed by atoms with E-state index in [-0.39, 0.29) is 0 Å². The predicted molar refractivity (Wildman–Crippen MR) is 71.7 cm³/mol. The van der Waals surface area contributed by atoms with Crippen LogP contribution in [-0.4, -0.2) is 18.7 Å². The predicted octanol–water partition coefficient (Wildman–Crippen LogP) is 2.51. The van der Waals surface area contributed by atoms with Crippen LogP contribution >= 0.6 is 12.2 Å². The number of hydrogen-bond donors (Lipinski definition) is 1. The van der Waals surface area contributed by atoms with Crippen LogP contribution in [0.5, 0.6) is 11.5 Å². The van der Waals surface area contributed by atoms with E-state index in [1.807, 2.05) is 18.2 Å². The maximum atomic E-state index is 5.74. The van der Waals surface area contributed by atoms with Crippen LogP contribution < -0.4 is 15.2 Å². The number of rotatable bonds is 6. The van der Waals surface area contributed by atoms with E-state index in [1.54, 1.807) is 7.11 Å². The van der Waals surface area contributed by atoms with Gasteiger partial charge in [-0.2, -0.15) is 0 Å². The van der Waals surface area contributed by atoms with E-state index in [1.165, 1.54) is 12.8 Å². The van der Waals surface area contributed by atoms with Gasteiger partial charge in [0.1, 0.15) is 16.5 Å². The van der Waals surface area contributed by atoms with Gasteiger partial charge in [-0.05, 0) is 24.5 Å². The van der Waals surface area contributed by atoms with E-state index in [0.717, 1.165) is 29.4 Å². The first-order chi connectivity index (χ1) is 8.20. The van der Waals surface area contributed by atoms with Gasteiger partial charge in [-0.3, -0.25) is 0 Å². The Labute approximate surface area is 107 Å². The fourth-order valence-electron chi connectivity index (χ4n) is 1.69. The summed E-state index contributed by atoms with van der Waals surface area (Å²) in [6, 6.07) is 5.51. The Bertz CT molecular complexity index is 416. The lowest BCUT2D eigenvalue weighted by molar-refractivity contribution is 0.300. The second-order valence-electron chi connectivity index (χ2n) is 4.31. The lowest BCUT2D eigenvalue weighted by Crippen LogP contribution is -2.12. The van der Waals surface area contributed by atoms with E-state index in [0.29, 0.717) is 11.6 Å². The third kappa shape index (κ3) is 3.33. The highest BCUT2D eigenvalue weighted by Crippen LogP contribution is 2.33. The van der Waals surface area contributed by atoms with Gasteiger partial charge in [-0.15, -0.1) is 0 Å². The van der Waals surface area contributed by atoms with E-state index in [2.05, 4.69) is 0 Å². The maximum Gasteiger partial charge on any atom is 0.133 e. The number of benzene rings is 1. The fraction of sp³-hybridized carbons (Fsp3) is 0.462. The van der Waals surface area contributed by atoms with E-state index >= 15 is 0 Å². The molecule has 0 amide bonds. The minimum atomic E-state index is 0.356. The minimum absolute atomic E-state index is 0.356. The summed E-state index contributed by atoms with van der Waals surface area (Å²) in [5.41, 5.74) is 6.44. The first kappa shape index (κ1) is 12.2. The van der Waals surface area contributed by atoms with Crippen molar-refractivity contribution in [3.63, 3.8) is 0 Å². The van der Waals surface area contributed by atoms with Crippen molar-refractivity contribution in [3.05, 3.63) is 23.8 Å². The minimum Gasteiger partial charge on any atom is -0.497 e. The molecular formula is C13H17NO2S. The molecule has 1 fully saturated rings. The molecule has 0 aliphatic heterocycles. The molecule has 1 saturated carbocycles. The monoisotopic (exact) mass is 251 g/mol. The van der Waals surface area contributed by atoms with Gasteiger partial charge >= 0.3 is 0 Å². The van der Waals surface area contributed by atoms with Crippen LogP contribution in [0.4, 0.5) is 0 Å². The van der Waals surface area contributed by atoms with Crippen LogP contribution in [0.25, 0.3) is 0 Å². The van der Waals surface area contributed by atoms with Gasteiger partial charge in [0.25, 0.3) is 0 Å². The highest BCUT2D eigenvalue weighted by Gasteiger charge is 2.21. The molecule has 17 heavy (non-hydrogen) atoms. The molecule has 2 rings (SSSR count). The molecule has 0 bridgehead atoms. The third-order valence-electron chi connectivity index (χ3n) is 2.93. The molecule has 0 aromatic heterocycles. The molecule has 1 aliphatic carbocycles. The van der Waals surface area contributed by atoms with Gasteiger partial charge in [0.05, 0.1) is 19.3 Å². The Kier molecular flexibility index (Phi) is 3.84. The van der Waals surface area contributed by atoms with Crippen molar-refractivity contribution >= 4 is 17.2 Å². The molecule has 0 atom stereocenters. The summed E-state index contributed by atoms with van der Waals surface area (Å²) in [4.78, 5) is 0.356.